The quantitative estimate of drug-likeness (QED) is 0.869. The molecule has 4 nitrogen and oxygen atoms in total. The van der Waals surface area contributed by atoms with E-state index in [9.17, 15) is 4.79 Å². The number of primary amides is 1. The van der Waals surface area contributed by atoms with Crippen LogP contribution in [0.1, 0.15) is 27.4 Å². The summed E-state index contributed by atoms with van der Waals surface area (Å²) in [6, 6.07) is 7.32. The highest BCUT2D eigenvalue weighted by molar-refractivity contribution is 5.92. The lowest BCUT2D eigenvalue weighted by Crippen LogP contribution is -2.10. The molecule has 0 bridgehead atoms. The van der Waals surface area contributed by atoms with E-state index < -0.39 is 5.91 Å². The monoisotopic (exact) mass is 229 g/mol. The molecule has 1 heterocycles. The Morgan fingerprint density at radius 1 is 1.29 bits per heavy atom. The number of carbonyl (C=O) groups excluding carboxylic acids is 1. The van der Waals surface area contributed by atoms with Crippen LogP contribution < -0.4 is 5.73 Å². The van der Waals surface area contributed by atoms with E-state index in [1.165, 1.54) is 0 Å². The second-order valence-electron chi connectivity index (χ2n) is 4.12. The Labute approximate surface area is 100 Å². The number of nitrogens with zero attached hydrogens (tertiary/aromatic N) is 2. The van der Waals surface area contributed by atoms with Crippen molar-refractivity contribution < 1.29 is 4.79 Å². The van der Waals surface area contributed by atoms with Gasteiger partial charge in [-0.25, -0.2) is 4.98 Å². The van der Waals surface area contributed by atoms with Gasteiger partial charge in [0.15, 0.2) is 0 Å². The van der Waals surface area contributed by atoms with Gasteiger partial charge in [0.2, 0.25) is 5.91 Å². The zero-order chi connectivity index (χ0) is 12.4. The molecule has 0 saturated heterocycles. The molecular weight excluding hydrogens is 214 g/mol. The van der Waals surface area contributed by atoms with Crippen LogP contribution in [0.3, 0.4) is 0 Å². The van der Waals surface area contributed by atoms with Crippen molar-refractivity contribution in [3.63, 3.8) is 0 Å². The predicted octanol–water partition coefficient (Wildman–Crippen LogP) is 1.65. The van der Waals surface area contributed by atoms with Crippen LogP contribution in [0.4, 0.5) is 0 Å². The second-order valence-corrected chi connectivity index (χ2v) is 4.12. The molecule has 0 aliphatic carbocycles. The lowest BCUT2D eigenvalue weighted by atomic mass is 10.1. The number of aromatic nitrogens is 2. The Hall–Kier alpha value is -2.10. The Bertz CT molecular complexity index is 540. The Balaban J connectivity index is 2.19. The average molecular weight is 229 g/mol. The van der Waals surface area contributed by atoms with Gasteiger partial charge in [-0.3, -0.25) is 4.79 Å². The Kier molecular flexibility index (Phi) is 2.95. The van der Waals surface area contributed by atoms with Gasteiger partial charge in [0.25, 0.3) is 0 Å². The third-order valence-corrected chi connectivity index (χ3v) is 2.69. The van der Waals surface area contributed by atoms with Gasteiger partial charge in [0.1, 0.15) is 5.82 Å². The summed E-state index contributed by atoms with van der Waals surface area (Å²) >= 11 is 0. The van der Waals surface area contributed by atoms with Crippen molar-refractivity contribution in [2.24, 2.45) is 5.73 Å². The maximum absolute atomic E-state index is 10.9. The van der Waals surface area contributed by atoms with E-state index in [4.69, 9.17) is 5.73 Å². The van der Waals surface area contributed by atoms with E-state index in [1.807, 2.05) is 32.2 Å². The number of rotatable bonds is 3. The van der Waals surface area contributed by atoms with Gasteiger partial charge in [-0.15, -0.1) is 0 Å². The summed E-state index contributed by atoms with van der Waals surface area (Å²) in [6.45, 7) is 4.70. The molecule has 88 valence electrons. The van der Waals surface area contributed by atoms with Crippen molar-refractivity contribution in [3.05, 3.63) is 53.1 Å². The molecule has 2 aromatic rings. The van der Waals surface area contributed by atoms with Crippen LogP contribution in [0.15, 0.2) is 30.5 Å². The summed E-state index contributed by atoms with van der Waals surface area (Å²) < 4.78 is 2.08. The molecule has 1 aromatic carbocycles. The molecule has 2 N–H and O–H groups in total. The SMILES string of the molecule is Cc1cn(Cc2ccc(C(N)=O)cc2)c(C)n1. The molecule has 17 heavy (non-hydrogen) atoms. The number of carbonyl (C=O) groups is 1. The highest BCUT2D eigenvalue weighted by Crippen LogP contribution is 2.09. The highest BCUT2D eigenvalue weighted by Gasteiger charge is 2.03. The summed E-state index contributed by atoms with van der Waals surface area (Å²) in [5, 5.41) is 0. The van der Waals surface area contributed by atoms with Crippen molar-refractivity contribution in [1.82, 2.24) is 9.55 Å². The zero-order valence-corrected chi connectivity index (χ0v) is 9.97. The fourth-order valence-corrected chi connectivity index (χ4v) is 1.80. The van der Waals surface area contributed by atoms with Gasteiger partial charge >= 0.3 is 0 Å². The zero-order valence-electron chi connectivity index (χ0n) is 9.97. The number of amides is 1. The van der Waals surface area contributed by atoms with Crippen LogP contribution in [0.5, 0.6) is 0 Å². The Morgan fingerprint density at radius 2 is 1.94 bits per heavy atom. The largest absolute Gasteiger partial charge is 0.366 e. The summed E-state index contributed by atoms with van der Waals surface area (Å²) in [7, 11) is 0. The van der Waals surface area contributed by atoms with Crippen LogP contribution in [-0.2, 0) is 6.54 Å². The molecule has 1 aromatic heterocycles. The fraction of sp³-hybridized carbons (Fsp3) is 0.231. The lowest BCUT2D eigenvalue weighted by Gasteiger charge is -2.05. The first-order valence-electron chi connectivity index (χ1n) is 5.45. The molecule has 0 saturated carbocycles. The van der Waals surface area contributed by atoms with Crippen LogP contribution in [-0.4, -0.2) is 15.5 Å². The number of benzene rings is 1. The topological polar surface area (TPSA) is 60.9 Å². The first-order valence-corrected chi connectivity index (χ1v) is 5.45. The van der Waals surface area contributed by atoms with E-state index in [1.54, 1.807) is 12.1 Å². The molecule has 0 aliphatic rings. The van der Waals surface area contributed by atoms with Crippen molar-refractivity contribution in [2.45, 2.75) is 20.4 Å². The standard InChI is InChI=1S/C13H15N3O/c1-9-7-16(10(2)15-9)8-11-3-5-12(6-4-11)13(14)17/h3-7H,8H2,1-2H3,(H2,14,17). The van der Waals surface area contributed by atoms with E-state index in [2.05, 4.69) is 9.55 Å². The smallest absolute Gasteiger partial charge is 0.248 e. The first kappa shape index (κ1) is 11.4. The summed E-state index contributed by atoms with van der Waals surface area (Å²) in [4.78, 5) is 15.3. The molecule has 0 atom stereocenters. The van der Waals surface area contributed by atoms with Gasteiger partial charge in [-0.05, 0) is 31.5 Å². The third-order valence-electron chi connectivity index (χ3n) is 2.69. The van der Waals surface area contributed by atoms with Gasteiger partial charge in [-0.2, -0.15) is 0 Å². The minimum Gasteiger partial charge on any atom is -0.366 e. The molecule has 0 fully saturated rings. The van der Waals surface area contributed by atoms with Crippen LogP contribution in [0.2, 0.25) is 0 Å². The minimum absolute atomic E-state index is 0.397. The van der Waals surface area contributed by atoms with E-state index >= 15 is 0 Å². The van der Waals surface area contributed by atoms with E-state index in [0.717, 1.165) is 23.6 Å². The number of aryl methyl sites for hydroxylation is 2. The summed E-state index contributed by atoms with van der Waals surface area (Å²) in [6.07, 6.45) is 2.01. The van der Waals surface area contributed by atoms with Crippen molar-refractivity contribution in [3.8, 4) is 0 Å². The first-order chi connectivity index (χ1) is 8.06. The fourth-order valence-electron chi connectivity index (χ4n) is 1.80. The van der Waals surface area contributed by atoms with Gasteiger partial charge in [-0.1, -0.05) is 12.1 Å². The minimum atomic E-state index is -0.397. The van der Waals surface area contributed by atoms with Gasteiger partial charge < -0.3 is 10.3 Å². The van der Waals surface area contributed by atoms with Crippen LogP contribution in [0, 0.1) is 13.8 Å². The molecule has 1 amide bonds. The van der Waals surface area contributed by atoms with E-state index in [0.29, 0.717) is 5.56 Å². The summed E-state index contributed by atoms with van der Waals surface area (Å²) in [5.74, 6) is 0.590. The number of hydrogen-bond acceptors (Lipinski definition) is 2. The highest BCUT2D eigenvalue weighted by atomic mass is 16.1. The molecular formula is C13H15N3O. The second kappa shape index (κ2) is 4.41. The van der Waals surface area contributed by atoms with Crippen LogP contribution >= 0.6 is 0 Å². The van der Waals surface area contributed by atoms with Crippen molar-refractivity contribution >= 4 is 5.91 Å². The number of hydrogen-bond donors (Lipinski definition) is 1. The average Bonchev–Trinajstić information content (AvgIpc) is 2.58. The molecule has 0 aliphatic heterocycles. The number of nitrogens with two attached hydrogens (primary N) is 1. The normalized spacial score (nSPS) is 10.5. The van der Waals surface area contributed by atoms with Crippen molar-refractivity contribution in [1.29, 1.82) is 0 Å². The molecule has 0 radical (unpaired) electrons. The molecule has 2 rings (SSSR count). The maximum atomic E-state index is 10.9. The third kappa shape index (κ3) is 2.53. The molecule has 0 spiro atoms. The number of imidazole rings is 1. The van der Waals surface area contributed by atoms with Crippen LogP contribution in [0.25, 0.3) is 0 Å². The van der Waals surface area contributed by atoms with E-state index in [-0.39, 0.29) is 0 Å². The van der Waals surface area contributed by atoms with Gasteiger partial charge in [0.05, 0.1) is 5.69 Å². The summed E-state index contributed by atoms with van der Waals surface area (Å²) in [5.41, 5.74) is 7.86. The predicted molar refractivity (Wildman–Crippen MR) is 65.8 cm³/mol. The Morgan fingerprint density at radius 3 is 2.41 bits per heavy atom. The molecule has 4 heteroatoms. The molecule has 0 unspecified atom stereocenters. The maximum Gasteiger partial charge on any atom is 0.248 e. The van der Waals surface area contributed by atoms with Gasteiger partial charge in [0, 0.05) is 18.3 Å². The lowest BCUT2D eigenvalue weighted by molar-refractivity contribution is 0.100. The van der Waals surface area contributed by atoms with Crippen molar-refractivity contribution in [2.75, 3.05) is 0 Å².